The van der Waals surface area contributed by atoms with Crippen molar-refractivity contribution in [2.45, 2.75) is 18.3 Å². The molecule has 2 atom stereocenters. The Labute approximate surface area is 365 Å². The Morgan fingerprint density at radius 3 is 2.03 bits per heavy atom. The standard InChI is InChI=1S/C61H47N/c1-2-43(47-32-31-44-18-9-10-19-46(44)40-47)21-17-39-62(51-35-33-45(34-36-51)58-41-48-20-11-12-26-53(48)54-27-13-14-28-55(54)58)52-37-38-57-56-29-15-16-30-59(56)61(60(57)42-52,49-22-5-3-6-23-49)50-24-7-4-8-25-50/h2-36,39-42,44,46H,1,37-38H2/b39-17+,43-21+. The molecule has 1 nitrogen and oxygen atoms in total. The first-order chi connectivity index (χ1) is 30.7. The Kier molecular flexibility index (Phi) is 9.59. The first kappa shape index (κ1) is 37.5. The van der Waals surface area contributed by atoms with E-state index in [1.165, 1.54) is 77.3 Å². The van der Waals surface area contributed by atoms with Crippen LogP contribution in [0.5, 0.6) is 0 Å². The first-order valence-corrected chi connectivity index (χ1v) is 21.9. The summed E-state index contributed by atoms with van der Waals surface area (Å²) < 4.78 is 0. The van der Waals surface area contributed by atoms with Crippen LogP contribution >= 0.6 is 0 Å². The molecule has 7 aromatic rings. The summed E-state index contributed by atoms with van der Waals surface area (Å²) in [5.41, 5.74) is 14.8. The molecule has 0 N–H and O–H groups in total. The van der Waals surface area contributed by atoms with Crippen LogP contribution < -0.4 is 4.90 Å². The Morgan fingerprint density at radius 1 is 0.613 bits per heavy atom. The highest BCUT2D eigenvalue weighted by molar-refractivity contribution is 6.13. The molecule has 0 saturated carbocycles. The van der Waals surface area contributed by atoms with Crippen LogP contribution in [0.1, 0.15) is 35.1 Å². The second-order valence-electron chi connectivity index (χ2n) is 16.7. The SMILES string of the molecule is C=C/C(=C\C=C\N(C1=CC2=C(CC1)c1ccccc1C2(c1ccccc1)c1ccccc1)c1ccc(-c2cc3ccccc3c3ccccc23)cc1)C1=CC2C=CC=CC2C=C1. The van der Waals surface area contributed by atoms with Gasteiger partial charge in [0.2, 0.25) is 0 Å². The third kappa shape index (κ3) is 6.32. The highest BCUT2D eigenvalue weighted by Gasteiger charge is 2.47. The summed E-state index contributed by atoms with van der Waals surface area (Å²) >= 11 is 0. The largest absolute Gasteiger partial charge is 0.321 e. The summed E-state index contributed by atoms with van der Waals surface area (Å²) in [7, 11) is 0. The zero-order valence-corrected chi connectivity index (χ0v) is 34.7. The zero-order valence-electron chi connectivity index (χ0n) is 34.7. The molecular weight excluding hydrogens is 747 g/mol. The molecule has 7 aromatic carbocycles. The van der Waals surface area contributed by atoms with Gasteiger partial charge in [-0.05, 0) is 120 Å². The molecule has 11 rings (SSSR count). The average Bonchev–Trinajstić information content (AvgIpc) is 3.64. The van der Waals surface area contributed by atoms with E-state index >= 15 is 0 Å². The van der Waals surface area contributed by atoms with Crippen LogP contribution in [0.2, 0.25) is 0 Å². The maximum absolute atomic E-state index is 4.25. The Bertz CT molecular complexity index is 3090. The summed E-state index contributed by atoms with van der Waals surface area (Å²) in [6, 6.07) is 60.4. The highest BCUT2D eigenvalue weighted by Crippen LogP contribution is 2.58. The number of hydrogen-bond donors (Lipinski definition) is 0. The molecule has 0 heterocycles. The van der Waals surface area contributed by atoms with Gasteiger partial charge >= 0.3 is 0 Å². The lowest BCUT2D eigenvalue weighted by Gasteiger charge is -2.37. The van der Waals surface area contributed by atoms with E-state index in [0.717, 1.165) is 24.1 Å². The van der Waals surface area contributed by atoms with Gasteiger partial charge in [0, 0.05) is 29.4 Å². The minimum atomic E-state index is -0.452. The molecule has 4 aliphatic carbocycles. The van der Waals surface area contributed by atoms with E-state index in [1.807, 2.05) is 6.08 Å². The van der Waals surface area contributed by atoms with E-state index < -0.39 is 5.41 Å². The molecule has 0 radical (unpaired) electrons. The smallest absolute Gasteiger partial charge is 0.0710 e. The number of fused-ring (bicyclic) bond motifs is 6. The van der Waals surface area contributed by atoms with E-state index in [2.05, 4.69) is 242 Å². The molecule has 0 saturated heterocycles. The van der Waals surface area contributed by atoms with Crippen molar-refractivity contribution in [1.29, 1.82) is 0 Å². The third-order valence-corrected chi connectivity index (χ3v) is 13.4. The number of benzene rings is 7. The predicted molar refractivity (Wildman–Crippen MR) is 263 cm³/mol. The van der Waals surface area contributed by atoms with E-state index in [0.29, 0.717) is 11.8 Å². The molecule has 0 aromatic heterocycles. The highest BCUT2D eigenvalue weighted by atomic mass is 15.1. The lowest BCUT2D eigenvalue weighted by atomic mass is 9.66. The zero-order chi connectivity index (χ0) is 41.5. The van der Waals surface area contributed by atoms with Gasteiger partial charge in [-0.25, -0.2) is 0 Å². The molecule has 0 spiro atoms. The van der Waals surface area contributed by atoms with E-state index in [-0.39, 0.29) is 0 Å². The van der Waals surface area contributed by atoms with Gasteiger partial charge in [-0.15, -0.1) is 0 Å². The second-order valence-corrected chi connectivity index (χ2v) is 16.7. The van der Waals surface area contributed by atoms with Crippen LogP contribution in [0.3, 0.4) is 0 Å². The molecule has 4 aliphatic rings. The fourth-order valence-electron chi connectivity index (χ4n) is 10.5. The molecule has 1 heteroatoms. The van der Waals surface area contributed by atoms with Crippen LogP contribution in [-0.4, -0.2) is 0 Å². The van der Waals surface area contributed by atoms with Crippen LogP contribution in [-0.2, 0) is 5.41 Å². The lowest BCUT2D eigenvalue weighted by Crippen LogP contribution is -2.30. The molecule has 2 unspecified atom stereocenters. The minimum Gasteiger partial charge on any atom is -0.321 e. The molecule has 0 amide bonds. The van der Waals surface area contributed by atoms with Gasteiger partial charge in [0.05, 0.1) is 5.41 Å². The number of hydrogen-bond acceptors (Lipinski definition) is 1. The minimum absolute atomic E-state index is 0.363. The number of rotatable bonds is 9. The van der Waals surface area contributed by atoms with Gasteiger partial charge in [-0.1, -0.05) is 207 Å². The molecule has 0 fully saturated rings. The summed E-state index contributed by atoms with van der Waals surface area (Å²) in [5, 5.41) is 5.08. The summed E-state index contributed by atoms with van der Waals surface area (Å²) in [4.78, 5) is 2.42. The van der Waals surface area contributed by atoms with Crippen LogP contribution in [0.4, 0.5) is 5.69 Å². The average molecular weight is 794 g/mol. The monoisotopic (exact) mass is 793 g/mol. The number of anilines is 1. The fourth-order valence-corrected chi connectivity index (χ4v) is 10.5. The Balaban J connectivity index is 1.05. The number of allylic oxidation sites excluding steroid dienone is 16. The summed E-state index contributed by atoms with van der Waals surface area (Å²) in [5.74, 6) is 0.774. The maximum atomic E-state index is 4.25. The van der Waals surface area contributed by atoms with Crippen LogP contribution in [0.25, 0.3) is 38.2 Å². The molecule has 0 bridgehead atoms. The predicted octanol–water partition coefficient (Wildman–Crippen LogP) is 15.4. The van der Waals surface area contributed by atoms with Crippen LogP contribution in [0.15, 0.2) is 266 Å². The molecule has 296 valence electrons. The maximum Gasteiger partial charge on any atom is 0.0710 e. The van der Waals surface area contributed by atoms with E-state index in [1.54, 1.807) is 0 Å². The van der Waals surface area contributed by atoms with Crippen molar-refractivity contribution in [1.82, 2.24) is 0 Å². The molecule has 0 aliphatic heterocycles. The number of nitrogens with zero attached hydrogens (tertiary/aromatic N) is 1. The topological polar surface area (TPSA) is 3.24 Å². The fraction of sp³-hybridized carbons (Fsp3) is 0.0820. The van der Waals surface area contributed by atoms with Crippen molar-refractivity contribution in [3.05, 3.63) is 288 Å². The van der Waals surface area contributed by atoms with Crippen molar-refractivity contribution in [2.24, 2.45) is 11.8 Å². The van der Waals surface area contributed by atoms with Crippen molar-refractivity contribution in [2.75, 3.05) is 4.90 Å². The van der Waals surface area contributed by atoms with Crippen molar-refractivity contribution in [3.63, 3.8) is 0 Å². The van der Waals surface area contributed by atoms with Crippen molar-refractivity contribution < 1.29 is 0 Å². The summed E-state index contributed by atoms with van der Waals surface area (Å²) in [6.45, 7) is 4.25. The molecule has 62 heavy (non-hydrogen) atoms. The molecular formula is C61H47N. The second kappa shape index (κ2) is 15.8. The lowest BCUT2D eigenvalue weighted by molar-refractivity contribution is 0.656. The van der Waals surface area contributed by atoms with Crippen molar-refractivity contribution in [3.8, 4) is 11.1 Å². The van der Waals surface area contributed by atoms with Gasteiger partial charge in [0.1, 0.15) is 0 Å². The van der Waals surface area contributed by atoms with Gasteiger partial charge in [0.15, 0.2) is 0 Å². The first-order valence-electron chi connectivity index (χ1n) is 21.9. The van der Waals surface area contributed by atoms with Gasteiger partial charge in [-0.3, -0.25) is 0 Å². The Morgan fingerprint density at radius 2 is 1.27 bits per heavy atom. The normalized spacial score (nSPS) is 18.7. The van der Waals surface area contributed by atoms with E-state index in [9.17, 15) is 0 Å². The van der Waals surface area contributed by atoms with E-state index in [4.69, 9.17) is 0 Å². The Hall–Kier alpha value is -7.48. The van der Waals surface area contributed by atoms with Gasteiger partial charge < -0.3 is 4.90 Å². The van der Waals surface area contributed by atoms with Crippen LogP contribution in [0, 0.1) is 11.8 Å². The van der Waals surface area contributed by atoms with Gasteiger partial charge in [0.25, 0.3) is 0 Å². The third-order valence-electron chi connectivity index (χ3n) is 13.4. The quantitative estimate of drug-likeness (QED) is 0.104. The summed E-state index contributed by atoms with van der Waals surface area (Å²) in [6.07, 6.45) is 28.8. The van der Waals surface area contributed by atoms with Crippen molar-refractivity contribution >= 4 is 32.8 Å². The van der Waals surface area contributed by atoms with Gasteiger partial charge in [-0.2, -0.15) is 0 Å².